The fourth-order valence-corrected chi connectivity index (χ4v) is 2.54. The molecule has 0 aliphatic rings. The highest BCUT2D eigenvalue weighted by Gasteiger charge is 2.14. The molecule has 2 aromatic rings. The van der Waals surface area contributed by atoms with Crippen molar-refractivity contribution in [3.8, 4) is 0 Å². The smallest absolute Gasteiger partial charge is 0.306 e. The molecule has 0 amide bonds. The van der Waals surface area contributed by atoms with Gasteiger partial charge in [0.05, 0.1) is 21.6 Å². The molecule has 1 atom stereocenters. The summed E-state index contributed by atoms with van der Waals surface area (Å²) >= 11 is 1.58. The van der Waals surface area contributed by atoms with E-state index in [1.807, 2.05) is 24.3 Å². The van der Waals surface area contributed by atoms with E-state index in [0.717, 1.165) is 15.2 Å². The van der Waals surface area contributed by atoms with E-state index >= 15 is 0 Å². The number of hydrogen-bond donors (Lipinski definition) is 0. The second-order valence-corrected chi connectivity index (χ2v) is 5.43. The monoisotopic (exact) mass is 277 g/mol. The molecule has 0 saturated heterocycles. The van der Waals surface area contributed by atoms with E-state index in [9.17, 15) is 9.59 Å². The lowest BCUT2D eigenvalue weighted by Gasteiger charge is -2.08. The van der Waals surface area contributed by atoms with Crippen LogP contribution in [0.3, 0.4) is 0 Å². The van der Waals surface area contributed by atoms with Gasteiger partial charge >= 0.3 is 5.97 Å². The molecule has 0 bridgehead atoms. The highest BCUT2D eigenvalue weighted by atomic mass is 32.1. The molecular formula is C14H15NO3S. The minimum Gasteiger partial charge on any atom is -0.455 e. The minimum atomic E-state index is -0.664. The maximum Gasteiger partial charge on any atom is 0.306 e. The van der Waals surface area contributed by atoms with Crippen molar-refractivity contribution in [2.75, 3.05) is 0 Å². The summed E-state index contributed by atoms with van der Waals surface area (Å²) in [5, 5.41) is 0.911. The maximum atomic E-state index is 11.5. The van der Waals surface area contributed by atoms with Crippen molar-refractivity contribution >= 4 is 33.3 Å². The number of rotatable bonds is 5. The minimum absolute atomic E-state index is 0.145. The van der Waals surface area contributed by atoms with Crippen LogP contribution in [0.1, 0.15) is 25.3 Å². The van der Waals surface area contributed by atoms with Crippen molar-refractivity contribution in [2.24, 2.45) is 0 Å². The zero-order valence-electron chi connectivity index (χ0n) is 10.9. The van der Waals surface area contributed by atoms with Gasteiger partial charge in [0.1, 0.15) is 0 Å². The van der Waals surface area contributed by atoms with Gasteiger partial charge in [-0.05, 0) is 26.0 Å². The van der Waals surface area contributed by atoms with Crippen molar-refractivity contribution < 1.29 is 14.3 Å². The van der Waals surface area contributed by atoms with Crippen LogP contribution in [0.25, 0.3) is 10.2 Å². The van der Waals surface area contributed by atoms with Crippen LogP contribution in [0.15, 0.2) is 24.3 Å². The Morgan fingerprint density at radius 2 is 2.11 bits per heavy atom. The number of aryl methyl sites for hydroxylation is 1. The van der Waals surface area contributed by atoms with Crippen molar-refractivity contribution in [2.45, 2.75) is 32.8 Å². The molecule has 2 rings (SSSR count). The molecule has 0 saturated carbocycles. The number of para-hydroxylation sites is 1. The van der Waals surface area contributed by atoms with Gasteiger partial charge in [-0.15, -0.1) is 11.3 Å². The predicted molar refractivity (Wildman–Crippen MR) is 74.2 cm³/mol. The van der Waals surface area contributed by atoms with E-state index in [2.05, 4.69) is 4.98 Å². The van der Waals surface area contributed by atoms with E-state index in [1.54, 1.807) is 18.3 Å². The number of carbonyl (C=O) groups excluding carboxylic acids is 2. The molecule has 0 fully saturated rings. The number of hydrogen-bond acceptors (Lipinski definition) is 5. The first-order valence-electron chi connectivity index (χ1n) is 6.10. The summed E-state index contributed by atoms with van der Waals surface area (Å²) in [6.45, 7) is 2.99. The molecule has 0 spiro atoms. The first-order chi connectivity index (χ1) is 9.06. The summed E-state index contributed by atoms with van der Waals surface area (Å²) in [5.74, 6) is -0.504. The van der Waals surface area contributed by atoms with E-state index < -0.39 is 6.10 Å². The second kappa shape index (κ2) is 5.93. The van der Waals surface area contributed by atoms with Crippen LogP contribution < -0.4 is 0 Å². The molecule has 0 aliphatic carbocycles. The Hall–Kier alpha value is -1.75. The highest BCUT2D eigenvalue weighted by molar-refractivity contribution is 7.18. The molecule has 0 aliphatic heterocycles. The number of carbonyl (C=O) groups is 2. The standard InChI is InChI=1S/C14H15NO3S/c1-9(16)10(2)18-14(17)8-7-13-15-11-5-3-4-6-12(11)19-13/h3-6,10H,7-8H2,1-2H3. The molecule has 0 N–H and O–H groups in total. The van der Waals surface area contributed by atoms with E-state index in [4.69, 9.17) is 4.74 Å². The Kier molecular flexibility index (Phi) is 4.27. The number of benzene rings is 1. The summed E-state index contributed by atoms with van der Waals surface area (Å²) in [5.41, 5.74) is 0.952. The average molecular weight is 277 g/mol. The lowest BCUT2D eigenvalue weighted by molar-refractivity contribution is -0.153. The molecule has 19 heavy (non-hydrogen) atoms. The number of Topliss-reactive ketones (excluding diaryl/α,β-unsaturated/α-hetero) is 1. The summed E-state index contributed by atoms with van der Waals surface area (Å²) in [7, 11) is 0. The van der Waals surface area contributed by atoms with Crippen LogP contribution in [-0.2, 0) is 20.7 Å². The Bertz CT molecular complexity index is 573. The molecule has 1 aromatic carbocycles. The third-order valence-electron chi connectivity index (χ3n) is 2.76. The maximum absolute atomic E-state index is 11.5. The fourth-order valence-electron chi connectivity index (χ4n) is 1.57. The van der Waals surface area contributed by atoms with Gasteiger partial charge in [-0.25, -0.2) is 4.98 Å². The number of aromatic nitrogens is 1. The van der Waals surface area contributed by atoms with Gasteiger partial charge in [-0.1, -0.05) is 12.1 Å². The zero-order chi connectivity index (χ0) is 13.8. The van der Waals surface area contributed by atoms with Crippen LogP contribution in [0.2, 0.25) is 0 Å². The van der Waals surface area contributed by atoms with Crippen LogP contribution in [0.5, 0.6) is 0 Å². The first-order valence-corrected chi connectivity index (χ1v) is 6.92. The number of esters is 1. The van der Waals surface area contributed by atoms with Crippen molar-refractivity contribution in [1.82, 2.24) is 4.98 Å². The molecule has 1 heterocycles. The lowest BCUT2D eigenvalue weighted by Crippen LogP contribution is -2.21. The van der Waals surface area contributed by atoms with E-state index in [-0.39, 0.29) is 18.2 Å². The quantitative estimate of drug-likeness (QED) is 0.789. The van der Waals surface area contributed by atoms with Crippen LogP contribution in [0, 0.1) is 0 Å². The third-order valence-corrected chi connectivity index (χ3v) is 3.86. The van der Waals surface area contributed by atoms with Gasteiger partial charge in [0, 0.05) is 6.42 Å². The Labute approximate surface area is 115 Å². The largest absolute Gasteiger partial charge is 0.455 e. The predicted octanol–water partition coefficient (Wildman–Crippen LogP) is 2.75. The number of nitrogens with zero attached hydrogens (tertiary/aromatic N) is 1. The summed E-state index contributed by atoms with van der Waals surface area (Å²) in [6, 6.07) is 7.86. The molecule has 5 heteroatoms. The molecule has 1 aromatic heterocycles. The summed E-state index contributed by atoms with van der Waals surface area (Å²) in [6.07, 6.45) is 0.128. The number of fused-ring (bicyclic) bond motifs is 1. The highest BCUT2D eigenvalue weighted by Crippen LogP contribution is 2.22. The number of ketones is 1. The van der Waals surface area contributed by atoms with Crippen molar-refractivity contribution in [3.05, 3.63) is 29.3 Å². The van der Waals surface area contributed by atoms with Crippen molar-refractivity contribution in [3.63, 3.8) is 0 Å². The Morgan fingerprint density at radius 3 is 2.79 bits per heavy atom. The van der Waals surface area contributed by atoms with Crippen LogP contribution >= 0.6 is 11.3 Å². The van der Waals surface area contributed by atoms with Crippen LogP contribution in [-0.4, -0.2) is 22.8 Å². The van der Waals surface area contributed by atoms with Gasteiger partial charge in [0.2, 0.25) is 0 Å². The molecular weight excluding hydrogens is 262 g/mol. The SMILES string of the molecule is CC(=O)C(C)OC(=O)CCc1nc2ccccc2s1. The molecule has 0 radical (unpaired) electrons. The van der Waals surface area contributed by atoms with Gasteiger partial charge in [0.15, 0.2) is 11.9 Å². The van der Waals surface area contributed by atoms with Gasteiger partial charge < -0.3 is 4.74 Å². The van der Waals surface area contributed by atoms with Crippen molar-refractivity contribution in [1.29, 1.82) is 0 Å². The topological polar surface area (TPSA) is 56.3 Å². The fraction of sp³-hybridized carbons (Fsp3) is 0.357. The summed E-state index contributed by atoms with van der Waals surface area (Å²) < 4.78 is 6.11. The number of thiazole rings is 1. The van der Waals surface area contributed by atoms with Gasteiger partial charge in [-0.3, -0.25) is 9.59 Å². The molecule has 4 nitrogen and oxygen atoms in total. The van der Waals surface area contributed by atoms with Crippen LogP contribution in [0.4, 0.5) is 0 Å². The normalized spacial score (nSPS) is 12.3. The molecule has 1 unspecified atom stereocenters. The Morgan fingerprint density at radius 1 is 1.37 bits per heavy atom. The third kappa shape index (κ3) is 3.61. The molecule has 100 valence electrons. The summed E-state index contributed by atoms with van der Waals surface area (Å²) in [4.78, 5) is 27.0. The van der Waals surface area contributed by atoms with E-state index in [0.29, 0.717) is 6.42 Å². The second-order valence-electron chi connectivity index (χ2n) is 4.32. The van der Waals surface area contributed by atoms with Gasteiger partial charge in [0.25, 0.3) is 0 Å². The van der Waals surface area contributed by atoms with Gasteiger partial charge in [-0.2, -0.15) is 0 Å². The number of ether oxygens (including phenoxy) is 1. The Balaban J connectivity index is 1.91. The lowest BCUT2D eigenvalue weighted by atomic mass is 10.3. The van der Waals surface area contributed by atoms with E-state index in [1.165, 1.54) is 6.92 Å². The average Bonchev–Trinajstić information content (AvgIpc) is 2.78. The first kappa shape index (κ1) is 13.7. The zero-order valence-corrected chi connectivity index (χ0v) is 11.7.